The first-order valence-corrected chi connectivity index (χ1v) is 10.3. The van der Waals surface area contributed by atoms with E-state index in [0.717, 1.165) is 28.6 Å². The summed E-state index contributed by atoms with van der Waals surface area (Å²) < 4.78 is 34.1. The summed E-state index contributed by atoms with van der Waals surface area (Å²) in [4.78, 5) is 0. The van der Waals surface area contributed by atoms with Gasteiger partial charge in [-0.05, 0) is 48.9 Å². The maximum absolute atomic E-state index is 13.6. The van der Waals surface area contributed by atoms with Crippen molar-refractivity contribution in [2.75, 3.05) is 7.11 Å². The van der Waals surface area contributed by atoms with Gasteiger partial charge < -0.3 is 4.74 Å². The Morgan fingerprint density at radius 2 is 1.73 bits per heavy atom. The second-order valence-electron chi connectivity index (χ2n) is 6.75. The van der Waals surface area contributed by atoms with E-state index in [-0.39, 0.29) is 0 Å². The number of methoxy groups -OCH3 is 1. The number of aryl methyl sites for hydroxylation is 1. The van der Waals surface area contributed by atoms with Crippen molar-refractivity contribution in [1.29, 1.82) is 0 Å². The van der Waals surface area contributed by atoms with Gasteiger partial charge in [0.2, 0.25) is 0 Å². The fourth-order valence-electron chi connectivity index (χ4n) is 3.02. The van der Waals surface area contributed by atoms with Gasteiger partial charge in [0.25, 0.3) is 0 Å². The second-order valence-corrected chi connectivity index (χ2v) is 7.69. The van der Waals surface area contributed by atoms with Gasteiger partial charge in [-0.25, -0.2) is 8.78 Å². The Labute approximate surface area is 177 Å². The highest BCUT2D eigenvalue weighted by atomic mass is 32.2. The zero-order valence-electron chi connectivity index (χ0n) is 16.5. The van der Waals surface area contributed by atoms with Crippen LogP contribution in [0.15, 0.2) is 71.9 Å². The van der Waals surface area contributed by atoms with Crippen molar-refractivity contribution in [2.24, 2.45) is 0 Å². The Morgan fingerprint density at radius 3 is 2.47 bits per heavy atom. The maximum Gasteiger partial charge on any atom is 0.196 e. The number of ether oxygens (including phenoxy) is 1. The molecule has 7 heteroatoms. The topological polar surface area (TPSA) is 39.9 Å². The first kappa shape index (κ1) is 20.1. The highest BCUT2D eigenvalue weighted by Gasteiger charge is 2.17. The lowest BCUT2D eigenvalue weighted by atomic mass is 10.2. The minimum atomic E-state index is -0.856. The maximum atomic E-state index is 13.6. The smallest absolute Gasteiger partial charge is 0.196 e. The van der Waals surface area contributed by atoms with E-state index < -0.39 is 11.6 Å². The van der Waals surface area contributed by atoms with E-state index >= 15 is 0 Å². The largest absolute Gasteiger partial charge is 0.497 e. The Kier molecular flexibility index (Phi) is 5.81. The van der Waals surface area contributed by atoms with Crippen molar-refractivity contribution in [3.8, 4) is 22.8 Å². The molecule has 4 rings (SSSR count). The number of nitrogens with zero attached hydrogens (tertiary/aromatic N) is 3. The number of hydrogen-bond donors (Lipinski definition) is 0. The molecule has 1 heterocycles. The highest BCUT2D eigenvalue weighted by molar-refractivity contribution is 7.98. The average molecular weight is 423 g/mol. The van der Waals surface area contributed by atoms with Crippen molar-refractivity contribution >= 4 is 11.8 Å². The van der Waals surface area contributed by atoms with E-state index in [1.165, 1.54) is 17.8 Å². The van der Waals surface area contributed by atoms with Crippen LogP contribution in [0.4, 0.5) is 8.78 Å². The normalized spacial score (nSPS) is 10.9. The molecule has 0 fully saturated rings. The number of halogens is 2. The van der Waals surface area contributed by atoms with E-state index in [1.54, 1.807) is 13.2 Å². The van der Waals surface area contributed by atoms with Crippen LogP contribution in [0.3, 0.4) is 0 Å². The van der Waals surface area contributed by atoms with Crippen molar-refractivity contribution in [3.05, 3.63) is 89.5 Å². The van der Waals surface area contributed by atoms with Gasteiger partial charge in [0, 0.05) is 17.0 Å². The fraction of sp³-hybridized carbons (Fsp3) is 0.130. The first-order valence-electron chi connectivity index (χ1n) is 9.29. The van der Waals surface area contributed by atoms with Crippen LogP contribution in [0.25, 0.3) is 17.1 Å². The minimum Gasteiger partial charge on any atom is -0.497 e. The van der Waals surface area contributed by atoms with Gasteiger partial charge in [-0.1, -0.05) is 47.7 Å². The van der Waals surface area contributed by atoms with Crippen LogP contribution in [0, 0.1) is 18.6 Å². The molecule has 0 unspecified atom stereocenters. The summed E-state index contributed by atoms with van der Waals surface area (Å²) in [6.07, 6.45) is 0. The van der Waals surface area contributed by atoms with E-state index in [1.807, 2.05) is 60.0 Å². The number of hydrogen-bond acceptors (Lipinski definition) is 4. The van der Waals surface area contributed by atoms with Crippen LogP contribution in [-0.2, 0) is 5.75 Å². The molecule has 0 saturated carbocycles. The summed E-state index contributed by atoms with van der Waals surface area (Å²) in [6.45, 7) is 2.03. The molecule has 4 aromatic rings. The van der Waals surface area contributed by atoms with Crippen LogP contribution in [0.2, 0.25) is 0 Å². The Balaban J connectivity index is 1.73. The van der Waals surface area contributed by atoms with E-state index in [0.29, 0.717) is 22.3 Å². The minimum absolute atomic E-state index is 0.430. The molecule has 0 aliphatic rings. The molecule has 0 aliphatic heterocycles. The Morgan fingerprint density at radius 1 is 0.933 bits per heavy atom. The third-order valence-corrected chi connectivity index (χ3v) is 5.61. The summed E-state index contributed by atoms with van der Waals surface area (Å²) in [7, 11) is 1.62. The Bertz CT molecular complexity index is 1180. The SMILES string of the molecule is COc1cccc(-c2nnc(SCc3ccc(F)c(F)c3)n2-c2ccc(C)cc2)c1. The first-order chi connectivity index (χ1) is 14.5. The lowest BCUT2D eigenvalue weighted by molar-refractivity contribution is 0.415. The van der Waals surface area contributed by atoms with E-state index in [9.17, 15) is 8.78 Å². The van der Waals surface area contributed by atoms with Crippen molar-refractivity contribution < 1.29 is 13.5 Å². The standard InChI is InChI=1S/C23H19F2N3OS/c1-15-6-9-18(10-7-15)28-22(17-4-3-5-19(13-17)29-2)26-27-23(28)30-14-16-8-11-20(24)21(25)12-16/h3-13H,14H2,1-2H3. The lowest BCUT2D eigenvalue weighted by Crippen LogP contribution is -2.00. The van der Waals surface area contributed by atoms with Crippen molar-refractivity contribution in [1.82, 2.24) is 14.8 Å². The van der Waals surface area contributed by atoms with E-state index in [4.69, 9.17) is 4.74 Å². The summed E-state index contributed by atoms with van der Waals surface area (Å²) in [5, 5.41) is 9.43. The van der Waals surface area contributed by atoms with Crippen LogP contribution < -0.4 is 4.74 Å². The zero-order chi connectivity index (χ0) is 21.1. The molecule has 152 valence electrons. The molecular weight excluding hydrogens is 404 g/mol. The molecule has 0 aliphatic carbocycles. The third-order valence-electron chi connectivity index (χ3n) is 4.61. The Hall–Kier alpha value is -3.19. The molecule has 4 nitrogen and oxygen atoms in total. The van der Waals surface area contributed by atoms with Crippen molar-refractivity contribution in [2.45, 2.75) is 17.8 Å². The molecule has 0 N–H and O–H groups in total. The van der Waals surface area contributed by atoms with Crippen LogP contribution >= 0.6 is 11.8 Å². The van der Waals surface area contributed by atoms with Gasteiger partial charge >= 0.3 is 0 Å². The summed E-state index contributed by atoms with van der Waals surface area (Å²) >= 11 is 1.41. The molecule has 0 bridgehead atoms. The number of benzene rings is 3. The van der Waals surface area contributed by atoms with Gasteiger partial charge in [-0.3, -0.25) is 4.57 Å². The summed E-state index contributed by atoms with van der Waals surface area (Å²) in [6, 6.07) is 19.6. The highest BCUT2D eigenvalue weighted by Crippen LogP contribution is 2.31. The second kappa shape index (κ2) is 8.67. The number of thioether (sulfide) groups is 1. The summed E-state index contributed by atoms with van der Waals surface area (Å²) in [5.41, 5.74) is 3.59. The molecule has 3 aromatic carbocycles. The fourth-order valence-corrected chi connectivity index (χ4v) is 3.91. The lowest BCUT2D eigenvalue weighted by Gasteiger charge is -2.11. The monoisotopic (exact) mass is 423 g/mol. The molecule has 0 saturated heterocycles. The average Bonchev–Trinajstić information content (AvgIpc) is 3.19. The number of rotatable bonds is 6. The van der Waals surface area contributed by atoms with Gasteiger partial charge in [0.1, 0.15) is 5.75 Å². The predicted octanol–water partition coefficient (Wildman–Crippen LogP) is 5.82. The quantitative estimate of drug-likeness (QED) is 0.366. The van der Waals surface area contributed by atoms with Gasteiger partial charge in [0.05, 0.1) is 7.11 Å². The molecule has 0 atom stereocenters. The van der Waals surface area contributed by atoms with Gasteiger partial charge in [-0.2, -0.15) is 0 Å². The van der Waals surface area contributed by atoms with Crippen LogP contribution in [-0.4, -0.2) is 21.9 Å². The van der Waals surface area contributed by atoms with Crippen LogP contribution in [0.1, 0.15) is 11.1 Å². The van der Waals surface area contributed by atoms with Crippen LogP contribution in [0.5, 0.6) is 5.75 Å². The molecule has 0 spiro atoms. The molecule has 30 heavy (non-hydrogen) atoms. The van der Waals surface area contributed by atoms with Gasteiger partial charge in [0.15, 0.2) is 22.6 Å². The zero-order valence-corrected chi connectivity index (χ0v) is 17.3. The summed E-state index contributed by atoms with van der Waals surface area (Å²) in [5.74, 6) is 0.115. The molecule has 1 aromatic heterocycles. The van der Waals surface area contributed by atoms with Gasteiger partial charge in [-0.15, -0.1) is 10.2 Å². The molecular formula is C23H19F2N3OS. The predicted molar refractivity (Wildman–Crippen MR) is 114 cm³/mol. The number of aromatic nitrogens is 3. The molecule has 0 amide bonds. The van der Waals surface area contributed by atoms with Crippen molar-refractivity contribution in [3.63, 3.8) is 0 Å². The molecule has 0 radical (unpaired) electrons. The third kappa shape index (κ3) is 4.21. The van der Waals surface area contributed by atoms with E-state index in [2.05, 4.69) is 10.2 Å².